The molecule has 0 aliphatic carbocycles. The molecule has 0 aliphatic heterocycles. The second-order valence-electron chi connectivity index (χ2n) is 5.40. The van der Waals surface area contributed by atoms with E-state index in [2.05, 4.69) is 51.6 Å². The maximum Gasteiger partial charge on any atom is 0.193 e. The lowest BCUT2D eigenvalue weighted by molar-refractivity contribution is 0.106. The molecule has 0 spiro atoms. The lowest BCUT2D eigenvalue weighted by Gasteiger charge is -2.24. The predicted octanol–water partition coefficient (Wildman–Crippen LogP) is 3.70. The molecule has 0 bridgehead atoms. The summed E-state index contributed by atoms with van der Waals surface area (Å²) in [5, 5.41) is 3.39. The van der Waals surface area contributed by atoms with Crippen molar-refractivity contribution in [2.45, 2.75) is 12.6 Å². The maximum atomic E-state index is 5.59. The average Bonchev–Trinajstić information content (AvgIpc) is 2.60. The van der Waals surface area contributed by atoms with Gasteiger partial charge in [-0.25, -0.2) is 0 Å². The van der Waals surface area contributed by atoms with E-state index in [4.69, 9.17) is 4.74 Å². The van der Waals surface area contributed by atoms with Gasteiger partial charge in [-0.3, -0.25) is 4.99 Å². The fourth-order valence-electron chi connectivity index (χ4n) is 2.51. The highest BCUT2D eigenvalue weighted by Gasteiger charge is 2.12. The predicted molar refractivity (Wildman–Crippen MR) is 111 cm³/mol. The Morgan fingerprint density at radius 1 is 1.08 bits per heavy atom. The molecule has 0 radical (unpaired) electrons. The summed E-state index contributed by atoms with van der Waals surface area (Å²) in [4.78, 5) is 6.46. The van der Waals surface area contributed by atoms with E-state index in [1.807, 2.05) is 31.3 Å². The lowest BCUT2D eigenvalue weighted by Crippen LogP contribution is -2.40. The van der Waals surface area contributed by atoms with E-state index in [0.29, 0.717) is 6.54 Å². The van der Waals surface area contributed by atoms with Crippen LogP contribution < -0.4 is 5.32 Å². The van der Waals surface area contributed by atoms with Crippen LogP contribution in [0.4, 0.5) is 0 Å². The third-order valence-electron chi connectivity index (χ3n) is 3.74. The Bertz CT molecular complexity index is 605. The van der Waals surface area contributed by atoms with Crippen molar-refractivity contribution in [3.8, 4) is 0 Å². The average molecular weight is 439 g/mol. The minimum absolute atomic E-state index is 0. The van der Waals surface area contributed by atoms with E-state index in [9.17, 15) is 0 Å². The molecule has 0 amide bonds. The summed E-state index contributed by atoms with van der Waals surface area (Å²) in [6.07, 6.45) is -0.00178. The van der Waals surface area contributed by atoms with Gasteiger partial charge in [-0.05, 0) is 11.1 Å². The molecule has 0 fully saturated rings. The summed E-state index contributed by atoms with van der Waals surface area (Å²) in [6, 6.07) is 20.6. The Hall–Kier alpha value is -1.60. The van der Waals surface area contributed by atoms with Crippen molar-refractivity contribution in [3.63, 3.8) is 0 Å². The van der Waals surface area contributed by atoms with E-state index in [0.717, 1.165) is 18.1 Å². The molecular formula is C19H26IN3O. The number of nitrogens with zero attached hydrogens (tertiary/aromatic N) is 2. The molecule has 5 heteroatoms. The fourth-order valence-corrected chi connectivity index (χ4v) is 2.51. The van der Waals surface area contributed by atoms with Crippen molar-refractivity contribution in [1.82, 2.24) is 10.2 Å². The number of benzene rings is 2. The zero-order valence-electron chi connectivity index (χ0n) is 14.5. The molecule has 0 aliphatic rings. The summed E-state index contributed by atoms with van der Waals surface area (Å²) in [7, 11) is 5.57. The summed E-state index contributed by atoms with van der Waals surface area (Å²) in [5.74, 6) is 0.854. The van der Waals surface area contributed by atoms with Crippen LogP contribution >= 0.6 is 24.0 Å². The zero-order chi connectivity index (χ0) is 16.5. The maximum absolute atomic E-state index is 5.59. The van der Waals surface area contributed by atoms with Gasteiger partial charge < -0.3 is 15.0 Å². The smallest absolute Gasteiger partial charge is 0.193 e. The van der Waals surface area contributed by atoms with Crippen LogP contribution in [-0.2, 0) is 11.3 Å². The van der Waals surface area contributed by atoms with Crippen LogP contribution in [0.15, 0.2) is 65.7 Å². The number of methoxy groups -OCH3 is 1. The van der Waals surface area contributed by atoms with Crippen LogP contribution in [0.25, 0.3) is 0 Å². The minimum Gasteiger partial charge on any atom is -0.375 e. The number of rotatable bonds is 6. The lowest BCUT2D eigenvalue weighted by atomic mass is 10.1. The first-order valence-corrected chi connectivity index (χ1v) is 7.78. The molecule has 1 N–H and O–H groups in total. The molecule has 0 saturated carbocycles. The molecule has 0 heterocycles. The Morgan fingerprint density at radius 2 is 1.67 bits per heavy atom. The monoisotopic (exact) mass is 439 g/mol. The largest absolute Gasteiger partial charge is 0.375 e. The van der Waals surface area contributed by atoms with E-state index in [1.54, 1.807) is 14.2 Å². The number of hydrogen-bond donors (Lipinski definition) is 1. The van der Waals surface area contributed by atoms with E-state index < -0.39 is 0 Å². The highest BCUT2D eigenvalue weighted by molar-refractivity contribution is 14.0. The highest BCUT2D eigenvalue weighted by atomic mass is 127. The standard InChI is InChI=1S/C19H25N3O.HI/c1-20-19(22(2)15-16-10-6-4-7-11-16)21-14-18(23-3)17-12-8-5-9-13-17;/h4-13,18H,14-15H2,1-3H3,(H,20,21);1H. The van der Waals surface area contributed by atoms with Crippen molar-refractivity contribution >= 4 is 29.9 Å². The Balaban J connectivity index is 0.00000288. The molecule has 4 nitrogen and oxygen atoms in total. The zero-order valence-corrected chi connectivity index (χ0v) is 16.8. The van der Waals surface area contributed by atoms with Crippen LogP contribution in [-0.4, -0.2) is 38.6 Å². The van der Waals surface area contributed by atoms with Gasteiger partial charge in [0, 0.05) is 34.3 Å². The summed E-state index contributed by atoms with van der Waals surface area (Å²) in [5.41, 5.74) is 2.41. The SMILES string of the molecule is CN=C(NCC(OC)c1ccccc1)N(C)Cc1ccccc1.I. The number of ether oxygens (including phenoxy) is 1. The van der Waals surface area contributed by atoms with Crippen LogP contribution in [0.3, 0.4) is 0 Å². The minimum atomic E-state index is -0.00178. The van der Waals surface area contributed by atoms with Crippen molar-refractivity contribution < 1.29 is 4.74 Å². The van der Waals surface area contributed by atoms with Gasteiger partial charge in [-0.2, -0.15) is 0 Å². The highest BCUT2D eigenvalue weighted by Crippen LogP contribution is 2.15. The molecular weight excluding hydrogens is 413 g/mol. The third kappa shape index (κ3) is 6.13. The van der Waals surface area contributed by atoms with E-state index in [1.165, 1.54) is 5.56 Å². The summed E-state index contributed by atoms with van der Waals surface area (Å²) < 4.78 is 5.59. The van der Waals surface area contributed by atoms with Crippen molar-refractivity contribution in [3.05, 3.63) is 71.8 Å². The quantitative estimate of drug-likeness (QED) is 0.424. The molecule has 1 unspecified atom stereocenters. The summed E-state index contributed by atoms with van der Waals surface area (Å²) in [6.45, 7) is 1.48. The molecule has 0 aromatic heterocycles. The topological polar surface area (TPSA) is 36.9 Å². The van der Waals surface area contributed by atoms with Gasteiger partial charge in [0.1, 0.15) is 0 Å². The summed E-state index contributed by atoms with van der Waals surface area (Å²) >= 11 is 0. The van der Waals surface area contributed by atoms with Crippen LogP contribution in [0.5, 0.6) is 0 Å². The van der Waals surface area contributed by atoms with Crippen LogP contribution in [0.1, 0.15) is 17.2 Å². The number of halogens is 1. The number of hydrogen-bond acceptors (Lipinski definition) is 2. The van der Waals surface area contributed by atoms with Crippen molar-refractivity contribution in [2.24, 2.45) is 4.99 Å². The van der Waals surface area contributed by atoms with E-state index in [-0.39, 0.29) is 30.1 Å². The first kappa shape index (κ1) is 20.4. The van der Waals surface area contributed by atoms with Gasteiger partial charge >= 0.3 is 0 Å². The first-order valence-electron chi connectivity index (χ1n) is 7.78. The molecule has 1 atom stereocenters. The van der Waals surface area contributed by atoms with Crippen molar-refractivity contribution in [2.75, 3.05) is 27.7 Å². The van der Waals surface area contributed by atoms with Gasteiger partial charge in [0.25, 0.3) is 0 Å². The van der Waals surface area contributed by atoms with Gasteiger partial charge in [0.15, 0.2) is 5.96 Å². The molecule has 2 rings (SSSR count). The molecule has 2 aromatic rings. The van der Waals surface area contributed by atoms with Gasteiger partial charge in [-0.1, -0.05) is 60.7 Å². The molecule has 130 valence electrons. The van der Waals surface area contributed by atoms with Gasteiger partial charge in [0.05, 0.1) is 6.10 Å². The fraction of sp³-hybridized carbons (Fsp3) is 0.316. The van der Waals surface area contributed by atoms with Crippen LogP contribution in [0.2, 0.25) is 0 Å². The van der Waals surface area contributed by atoms with Gasteiger partial charge in [-0.15, -0.1) is 24.0 Å². The second kappa shape index (κ2) is 11.0. The van der Waals surface area contributed by atoms with Gasteiger partial charge in [0.2, 0.25) is 0 Å². The number of nitrogens with one attached hydrogen (secondary N) is 1. The normalized spacial score (nSPS) is 12.2. The third-order valence-corrected chi connectivity index (χ3v) is 3.74. The molecule has 0 saturated heterocycles. The second-order valence-corrected chi connectivity index (χ2v) is 5.40. The van der Waals surface area contributed by atoms with Crippen molar-refractivity contribution in [1.29, 1.82) is 0 Å². The Kier molecular flexibility index (Phi) is 9.41. The molecule has 2 aromatic carbocycles. The first-order chi connectivity index (χ1) is 11.2. The number of guanidine groups is 1. The Morgan fingerprint density at radius 3 is 2.21 bits per heavy atom. The van der Waals surface area contributed by atoms with Crippen LogP contribution in [0, 0.1) is 0 Å². The Labute approximate surface area is 162 Å². The molecule has 24 heavy (non-hydrogen) atoms. The number of aliphatic imine (C=N–C) groups is 1. The van der Waals surface area contributed by atoms with E-state index >= 15 is 0 Å².